The second-order valence-electron chi connectivity index (χ2n) is 6.56. The number of carbonyl (C=O) groups excluding carboxylic acids is 3. The largest absolute Gasteiger partial charge is 0.484 e. The molecule has 4 atom stereocenters. The van der Waals surface area contributed by atoms with Gasteiger partial charge in [0.25, 0.3) is 5.91 Å². The molecule has 0 bridgehead atoms. The number of hydrogen-bond donors (Lipinski definition) is 3. The molecule has 2 saturated heterocycles. The first-order chi connectivity index (χ1) is 13.2. The second-order valence-corrected chi connectivity index (χ2v) is 8.21. The maximum atomic E-state index is 12.5. The third kappa shape index (κ3) is 3.70. The van der Waals surface area contributed by atoms with Gasteiger partial charge in [-0.2, -0.15) is 0 Å². The number of carboxylic acids is 1. The van der Waals surface area contributed by atoms with Crippen molar-refractivity contribution in [2.45, 2.75) is 29.1 Å². The highest BCUT2D eigenvalue weighted by Crippen LogP contribution is 2.51. The zero-order chi connectivity index (χ0) is 20.5. The minimum Gasteiger partial charge on any atom is -0.484 e. The first-order valence-electron chi connectivity index (χ1n) is 8.35. The summed E-state index contributed by atoms with van der Waals surface area (Å²) < 4.78 is 9.03. The number of hydrogen-bond acceptors (Lipinski definition) is 7. The average molecular weight is 409 g/mol. The highest BCUT2D eigenvalue weighted by molar-refractivity contribution is 8.01. The monoisotopic (exact) mass is 409 g/mol. The summed E-state index contributed by atoms with van der Waals surface area (Å²) in [7, 11) is 0. The number of primary amides is 1. The molecule has 0 aromatic heterocycles. The topological polar surface area (TPSA) is 148 Å². The summed E-state index contributed by atoms with van der Waals surface area (Å²) in [4.78, 5) is 48.4. The van der Waals surface area contributed by atoms with E-state index in [4.69, 9.17) is 15.2 Å². The molecular formula is C17H19N3O7S. The fraction of sp³-hybridized carbons (Fsp3) is 0.412. The predicted molar refractivity (Wildman–Crippen MR) is 97.5 cm³/mol. The molecule has 150 valence electrons. The zero-order valence-electron chi connectivity index (χ0n) is 14.9. The van der Waals surface area contributed by atoms with E-state index in [0.29, 0.717) is 5.75 Å². The van der Waals surface area contributed by atoms with Crippen LogP contribution in [0, 0.1) is 0 Å². The van der Waals surface area contributed by atoms with Crippen LogP contribution in [0.1, 0.15) is 6.92 Å². The predicted octanol–water partition coefficient (Wildman–Crippen LogP) is -0.227. The molecule has 2 heterocycles. The van der Waals surface area contributed by atoms with Gasteiger partial charge in [-0.1, -0.05) is 18.2 Å². The number of nitrogens with two attached hydrogens (primary N) is 1. The number of benzene rings is 1. The molecule has 1 aromatic rings. The maximum absolute atomic E-state index is 12.5. The highest BCUT2D eigenvalue weighted by Gasteiger charge is 2.66. The van der Waals surface area contributed by atoms with Gasteiger partial charge in [-0.25, -0.2) is 9.59 Å². The van der Waals surface area contributed by atoms with Crippen LogP contribution >= 0.6 is 11.8 Å². The SMILES string of the molecule is C[C@@]1(COC(N)=O)S[C@@H]2[C@H](NC(=O)COc3ccccc3)C(=O)N2[C@H]1C(=O)O. The molecule has 2 aliphatic rings. The van der Waals surface area contributed by atoms with Gasteiger partial charge in [0, 0.05) is 0 Å². The van der Waals surface area contributed by atoms with E-state index in [9.17, 15) is 24.3 Å². The summed E-state index contributed by atoms with van der Waals surface area (Å²) >= 11 is 1.15. The number of aliphatic carboxylic acids is 1. The summed E-state index contributed by atoms with van der Waals surface area (Å²) in [5.74, 6) is -1.73. The van der Waals surface area contributed by atoms with Crippen molar-refractivity contribution in [2.24, 2.45) is 5.73 Å². The summed E-state index contributed by atoms with van der Waals surface area (Å²) in [6, 6.07) is 6.63. The number of thioether (sulfide) groups is 1. The van der Waals surface area contributed by atoms with Crippen LogP contribution in [0.2, 0.25) is 0 Å². The van der Waals surface area contributed by atoms with E-state index in [1.165, 1.54) is 4.90 Å². The molecule has 2 fully saturated rings. The summed E-state index contributed by atoms with van der Waals surface area (Å²) in [6.45, 7) is 1.01. The number of rotatable bonds is 7. The average Bonchev–Trinajstić information content (AvgIpc) is 2.94. The molecule has 4 N–H and O–H groups in total. The Morgan fingerprint density at radius 2 is 2.00 bits per heavy atom. The third-order valence-electron chi connectivity index (χ3n) is 4.49. The van der Waals surface area contributed by atoms with E-state index in [0.717, 1.165) is 11.8 Å². The number of amides is 3. The number of para-hydroxylation sites is 1. The van der Waals surface area contributed by atoms with E-state index in [-0.39, 0.29) is 13.2 Å². The third-order valence-corrected chi connectivity index (χ3v) is 6.11. The van der Waals surface area contributed by atoms with Gasteiger partial charge in [-0.3, -0.25) is 9.59 Å². The van der Waals surface area contributed by atoms with Crippen molar-refractivity contribution < 1.29 is 33.8 Å². The quantitative estimate of drug-likeness (QED) is 0.523. The molecule has 10 nitrogen and oxygen atoms in total. The van der Waals surface area contributed by atoms with Crippen molar-refractivity contribution in [3.8, 4) is 5.75 Å². The van der Waals surface area contributed by atoms with E-state index in [1.54, 1.807) is 31.2 Å². The van der Waals surface area contributed by atoms with Gasteiger partial charge in [-0.15, -0.1) is 11.8 Å². The number of fused-ring (bicyclic) bond motifs is 1. The minimum atomic E-state index is -1.23. The number of nitrogens with one attached hydrogen (secondary N) is 1. The Labute approximate surface area is 164 Å². The smallest absolute Gasteiger partial charge is 0.404 e. The summed E-state index contributed by atoms with van der Waals surface area (Å²) in [5, 5.41) is 11.5. The Morgan fingerprint density at radius 1 is 1.32 bits per heavy atom. The van der Waals surface area contributed by atoms with Crippen LogP contribution in [0.4, 0.5) is 4.79 Å². The van der Waals surface area contributed by atoms with Crippen molar-refractivity contribution in [3.05, 3.63) is 30.3 Å². The van der Waals surface area contributed by atoms with Gasteiger partial charge >= 0.3 is 12.1 Å². The molecular weight excluding hydrogens is 390 g/mol. The summed E-state index contributed by atoms with van der Waals surface area (Å²) in [6.07, 6.45) is -1.03. The number of β-lactam (4-membered cyclic amide) rings is 1. The van der Waals surface area contributed by atoms with E-state index < -0.39 is 46.1 Å². The molecule has 0 radical (unpaired) electrons. The van der Waals surface area contributed by atoms with Crippen molar-refractivity contribution in [3.63, 3.8) is 0 Å². The van der Waals surface area contributed by atoms with Gasteiger partial charge in [-0.05, 0) is 19.1 Å². The molecule has 0 spiro atoms. The molecule has 3 rings (SSSR count). The lowest BCUT2D eigenvalue weighted by Gasteiger charge is -2.43. The van der Waals surface area contributed by atoms with Crippen LogP contribution in [0.25, 0.3) is 0 Å². The lowest BCUT2D eigenvalue weighted by Crippen LogP contribution is -2.71. The van der Waals surface area contributed by atoms with E-state index >= 15 is 0 Å². The van der Waals surface area contributed by atoms with Crippen LogP contribution < -0.4 is 15.8 Å². The molecule has 2 aliphatic heterocycles. The van der Waals surface area contributed by atoms with Gasteiger partial charge in [0.1, 0.15) is 29.8 Å². The lowest BCUT2D eigenvalue weighted by molar-refractivity contribution is -0.161. The van der Waals surface area contributed by atoms with Crippen LogP contribution in [-0.4, -0.2) is 69.3 Å². The van der Waals surface area contributed by atoms with Crippen molar-refractivity contribution in [2.75, 3.05) is 13.2 Å². The van der Waals surface area contributed by atoms with Gasteiger partial charge in [0.15, 0.2) is 6.61 Å². The maximum Gasteiger partial charge on any atom is 0.404 e. The fourth-order valence-corrected chi connectivity index (χ4v) is 4.92. The lowest BCUT2D eigenvalue weighted by atomic mass is 9.95. The molecule has 3 amide bonds. The molecule has 0 saturated carbocycles. The Kier molecular flexibility index (Phi) is 5.36. The Morgan fingerprint density at radius 3 is 2.61 bits per heavy atom. The number of nitrogens with zero attached hydrogens (tertiary/aromatic N) is 1. The van der Waals surface area contributed by atoms with Gasteiger partial charge in [0.05, 0.1) is 4.75 Å². The Bertz CT molecular complexity index is 805. The van der Waals surface area contributed by atoms with Crippen LogP contribution in [-0.2, 0) is 19.1 Å². The van der Waals surface area contributed by atoms with Gasteiger partial charge < -0.3 is 30.5 Å². The number of ether oxygens (including phenoxy) is 2. The standard InChI is InChI=1S/C17H19N3O7S/c1-17(8-27-16(18)25)12(15(23)24)20-13(22)11(14(20)28-17)19-10(21)7-26-9-5-3-2-4-6-9/h2-6,11-12,14H,7-8H2,1H3,(H2,18,25)(H,19,21)(H,23,24)/t11-,12+,14-,17+/m1/s1. The Balaban J connectivity index is 1.63. The highest BCUT2D eigenvalue weighted by atomic mass is 32.2. The first kappa shape index (κ1) is 19.8. The normalized spacial score (nSPS) is 28.1. The van der Waals surface area contributed by atoms with Crippen LogP contribution in [0.15, 0.2) is 30.3 Å². The summed E-state index contributed by atoms with van der Waals surface area (Å²) in [5.41, 5.74) is 4.97. The van der Waals surface area contributed by atoms with E-state index in [2.05, 4.69) is 5.32 Å². The fourth-order valence-electron chi connectivity index (χ4n) is 3.24. The van der Waals surface area contributed by atoms with Gasteiger partial charge in [0.2, 0.25) is 5.91 Å². The Hall–Kier alpha value is -2.95. The van der Waals surface area contributed by atoms with E-state index in [1.807, 2.05) is 6.07 Å². The molecule has 1 aromatic carbocycles. The zero-order valence-corrected chi connectivity index (χ0v) is 15.7. The number of carboxylic acid groups (broad SMARTS) is 1. The first-order valence-corrected chi connectivity index (χ1v) is 9.23. The van der Waals surface area contributed by atoms with Crippen molar-refractivity contribution in [1.29, 1.82) is 0 Å². The minimum absolute atomic E-state index is 0.276. The van der Waals surface area contributed by atoms with Crippen molar-refractivity contribution >= 4 is 35.6 Å². The molecule has 0 aliphatic carbocycles. The van der Waals surface area contributed by atoms with Crippen LogP contribution in [0.5, 0.6) is 5.75 Å². The van der Waals surface area contributed by atoms with Crippen molar-refractivity contribution in [1.82, 2.24) is 10.2 Å². The second kappa shape index (κ2) is 7.58. The molecule has 28 heavy (non-hydrogen) atoms. The number of carbonyl (C=O) groups is 4. The molecule has 11 heteroatoms. The molecule has 0 unspecified atom stereocenters. The van der Waals surface area contributed by atoms with Crippen LogP contribution in [0.3, 0.4) is 0 Å².